The number of rotatable bonds is 6. The molecule has 2 aromatic rings. The molecule has 1 aliphatic heterocycles. The van der Waals surface area contributed by atoms with Gasteiger partial charge < -0.3 is 14.4 Å². The summed E-state index contributed by atoms with van der Waals surface area (Å²) in [5.74, 6) is 1.65. The fraction of sp³-hybridized carbons (Fsp3) is 0.435. The largest absolute Gasteiger partial charge is 0.497 e. The molecule has 28 heavy (non-hydrogen) atoms. The van der Waals surface area contributed by atoms with Crippen molar-refractivity contribution in [1.29, 1.82) is 0 Å². The number of methoxy groups -OCH3 is 2. The van der Waals surface area contributed by atoms with E-state index in [1.807, 2.05) is 24.3 Å². The highest BCUT2D eigenvalue weighted by Crippen LogP contribution is 2.21. The van der Waals surface area contributed by atoms with Gasteiger partial charge in [0.05, 0.1) is 14.2 Å². The molecule has 0 aromatic heterocycles. The summed E-state index contributed by atoms with van der Waals surface area (Å²) in [6.45, 7) is 8.61. The fourth-order valence-corrected chi connectivity index (χ4v) is 3.53. The number of nitrogens with zero attached hydrogens (tertiary/aromatic N) is 2. The molecule has 0 unspecified atom stereocenters. The van der Waals surface area contributed by atoms with Crippen LogP contribution in [0.3, 0.4) is 0 Å². The van der Waals surface area contributed by atoms with Gasteiger partial charge in [-0.3, -0.25) is 9.69 Å². The van der Waals surface area contributed by atoms with E-state index in [0.29, 0.717) is 18.2 Å². The van der Waals surface area contributed by atoms with E-state index in [9.17, 15) is 4.79 Å². The Morgan fingerprint density at radius 1 is 0.929 bits per heavy atom. The Labute approximate surface area is 167 Å². The number of hydrogen-bond acceptors (Lipinski definition) is 5. The van der Waals surface area contributed by atoms with Crippen molar-refractivity contribution in [1.82, 2.24) is 4.90 Å². The molecule has 0 radical (unpaired) electrons. The van der Waals surface area contributed by atoms with Crippen LogP contribution in [0.15, 0.2) is 47.3 Å². The predicted octanol–water partition coefficient (Wildman–Crippen LogP) is 3.51. The van der Waals surface area contributed by atoms with Crippen LogP contribution >= 0.6 is 0 Å². The first-order valence-electron chi connectivity index (χ1n) is 9.84. The van der Waals surface area contributed by atoms with Gasteiger partial charge in [0.15, 0.2) is 5.75 Å². The minimum absolute atomic E-state index is 0.00742. The number of hydrogen-bond donors (Lipinski definition) is 0. The molecule has 1 saturated heterocycles. The molecule has 0 bridgehead atoms. The van der Waals surface area contributed by atoms with Gasteiger partial charge in [-0.2, -0.15) is 0 Å². The van der Waals surface area contributed by atoms with Crippen LogP contribution in [-0.4, -0.2) is 45.3 Å². The van der Waals surface area contributed by atoms with Gasteiger partial charge in [0.1, 0.15) is 5.75 Å². The molecule has 0 spiro atoms. The molecule has 2 aromatic carbocycles. The van der Waals surface area contributed by atoms with Crippen LogP contribution in [0.25, 0.3) is 0 Å². The van der Waals surface area contributed by atoms with Crippen LogP contribution in [0.4, 0.5) is 5.69 Å². The molecule has 0 atom stereocenters. The Balaban J connectivity index is 1.69. The number of ether oxygens (including phenoxy) is 2. The van der Waals surface area contributed by atoms with E-state index in [-0.39, 0.29) is 5.43 Å². The molecule has 0 N–H and O–H groups in total. The third-order valence-electron chi connectivity index (χ3n) is 5.38. The van der Waals surface area contributed by atoms with E-state index in [1.54, 1.807) is 14.2 Å². The van der Waals surface area contributed by atoms with Crippen LogP contribution in [0.2, 0.25) is 0 Å². The summed E-state index contributed by atoms with van der Waals surface area (Å²) in [6.07, 6.45) is 0. The Bertz CT molecular complexity index is 841. The topological polar surface area (TPSA) is 42.0 Å². The average molecular weight is 383 g/mol. The number of anilines is 1. The van der Waals surface area contributed by atoms with Crippen LogP contribution in [0.1, 0.15) is 30.9 Å². The zero-order valence-electron chi connectivity index (χ0n) is 17.3. The van der Waals surface area contributed by atoms with Gasteiger partial charge in [0.25, 0.3) is 0 Å². The maximum Gasteiger partial charge on any atom is 0.224 e. The molecule has 0 saturated carbocycles. The Kier molecular flexibility index (Phi) is 6.57. The lowest BCUT2D eigenvalue weighted by Crippen LogP contribution is -2.46. The fourth-order valence-electron chi connectivity index (χ4n) is 3.53. The molecule has 1 heterocycles. The van der Waals surface area contributed by atoms with Crippen molar-refractivity contribution in [2.24, 2.45) is 0 Å². The summed E-state index contributed by atoms with van der Waals surface area (Å²) in [7, 11) is 3.25. The standard InChI is InChI=1S/C23H30N2O3/c1-17(2)18-5-6-19(23(26)22(15-18)28-4)16-24-11-13-25(14-12-24)20-7-9-21(27-3)10-8-20/h5-10,15,17H,11-14,16H2,1-4H3. The smallest absolute Gasteiger partial charge is 0.224 e. The highest BCUT2D eigenvalue weighted by Gasteiger charge is 2.19. The van der Waals surface area contributed by atoms with E-state index in [2.05, 4.69) is 41.8 Å². The average Bonchev–Trinajstić information content (AvgIpc) is 2.88. The summed E-state index contributed by atoms with van der Waals surface area (Å²) in [5.41, 5.74) is 3.11. The van der Waals surface area contributed by atoms with Gasteiger partial charge in [-0.15, -0.1) is 0 Å². The van der Waals surface area contributed by atoms with Crippen molar-refractivity contribution in [3.63, 3.8) is 0 Å². The Morgan fingerprint density at radius 3 is 2.18 bits per heavy atom. The molecular formula is C23H30N2O3. The second kappa shape index (κ2) is 9.11. The third-order valence-corrected chi connectivity index (χ3v) is 5.38. The first kappa shape index (κ1) is 20.2. The Morgan fingerprint density at radius 2 is 1.61 bits per heavy atom. The van der Waals surface area contributed by atoms with Gasteiger partial charge in [-0.1, -0.05) is 26.0 Å². The van der Waals surface area contributed by atoms with Crippen molar-refractivity contribution in [3.8, 4) is 11.5 Å². The van der Waals surface area contributed by atoms with E-state index in [1.165, 1.54) is 5.69 Å². The van der Waals surface area contributed by atoms with Gasteiger partial charge >= 0.3 is 0 Å². The van der Waals surface area contributed by atoms with Gasteiger partial charge in [0.2, 0.25) is 5.43 Å². The summed E-state index contributed by atoms with van der Waals surface area (Å²) < 4.78 is 10.6. The minimum atomic E-state index is -0.00742. The second-order valence-electron chi connectivity index (χ2n) is 7.52. The highest BCUT2D eigenvalue weighted by atomic mass is 16.5. The maximum absolute atomic E-state index is 12.8. The number of benzene rings is 1. The van der Waals surface area contributed by atoms with Crippen LogP contribution < -0.4 is 19.8 Å². The molecule has 0 aliphatic carbocycles. The van der Waals surface area contributed by atoms with Crippen LogP contribution in [0, 0.1) is 0 Å². The summed E-state index contributed by atoms with van der Waals surface area (Å²) in [4.78, 5) is 17.5. The van der Waals surface area contributed by atoms with Crippen molar-refractivity contribution in [2.45, 2.75) is 26.3 Å². The maximum atomic E-state index is 12.8. The third kappa shape index (κ3) is 4.65. The first-order valence-corrected chi connectivity index (χ1v) is 9.84. The first-order chi connectivity index (χ1) is 13.5. The van der Waals surface area contributed by atoms with E-state index < -0.39 is 0 Å². The van der Waals surface area contributed by atoms with Crippen molar-refractivity contribution in [3.05, 3.63) is 63.8 Å². The lowest BCUT2D eigenvalue weighted by atomic mass is 10.1. The summed E-state index contributed by atoms with van der Waals surface area (Å²) in [5, 5.41) is 0. The monoisotopic (exact) mass is 382 g/mol. The normalized spacial score (nSPS) is 15.0. The second-order valence-corrected chi connectivity index (χ2v) is 7.52. The summed E-state index contributed by atoms with van der Waals surface area (Å²) >= 11 is 0. The van der Waals surface area contributed by atoms with Crippen molar-refractivity contribution in [2.75, 3.05) is 45.3 Å². The van der Waals surface area contributed by atoms with Crippen LogP contribution in [0.5, 0.6) is 11.5 Å². The molecule has 150 valence electrons. The molecule has 3 rings (SSSR count). The molecular weight excluding hydrogens is 352 g/mol. The van der Waals surface area contributed by atoms with E-state index in [4.69, 9.17) is 9.47 Å². The predicted molar refractivity (Wildman–Crippen MR) is 114 cm³/mol. The van der Waals surface area contributed by atoms with E-state index >= 15 is 0 Å². The van der Waals surface area contributed by atoms with Gasteiger partial charge in [0, 0.05) is 44.0 Å². The van der Waals surface area contributed by atoms with Gasteiger partial charge in [-0.05, 0) is 41.8 Å². The van der Waals surface area contributed by atoms with Crippen LogP contribution in [-0.2, 0) is 6.54 Å². The molecule has 0 amide bonds. The quantitative estimate of drug-likeness (QED) is 0.765. The Hall–Kier alpha value is -2.53. The zero-order valence-corrected chi connectivity index (χ0v) is 17.3. The van der Waals surface area contributed by atoms with Crippen molar-refractivity contribution < 1.29 is 9.47 Å². The molecule has 1 fully saturated rings. The SMILES string of the molecule is COc1ccc(N2CCN(Cc3ccc(C(C)C)cc(OC)c3=O)CC2)cc1. The number of piperazine rings is 1. The molecule has 5 heteroatoms. The summed E-state index contributed by atoms with van der Waals surface area (Å²) in [6, 6.07) is 14.1. The lowest BCUT2D eigenvalue weighted by molar-refractivity contribution is 0.249. The molecule has 1 aliphatic rings. The van der Waals surface area contributed by atoms with Gasteiger partial charge in [-0.25, -0.2) is 0 Å². The van der Waals surface area contributed by atoms with Crippen molar-refractivity contribution >= 4 is 5.69 Å². The zero-order chi connectivity index (χ0) is 20.1. The minimum Gasteiger partial charge on any atom is -0.497 e. The molecule has 5 nitrogen and oxygen atoms in total. The lowest BCUT2D eigenvalue weighted by Gasteiger charge is -2.36. The highest BCUT2D eigenvalue weighted by molar-refractivity contribution is 5.49. The van der Waals surface area contributed by atoms with E-state index in [0.717, 1.165) is 43.1 Å².